The summed E-state index contributed by atoms with van der Waals surface area (Å²) in [4.78, 5) is 43.0. The number of fused-ring (bicyclic) bond motifs is 1. The quantitative estimate of drug-likeness (QED) is 0.451. The Morgan fingerprint density at radius 1 is 1.09 bits per heavy atom. The van der Waals surface area contributed by atoms with Crippen LogP contribution in [-0.2, 0) is 11.3 Å². The zero-order chi connectivity index (χ0) is 22.7. The summed E-state index contributed by atoms with van der Waals surface area (Å²) in [7, 11) is 1.53. The van der Waals surface area contributed by atoms with Crippen LogP contribution in [0.25, 0.3) is 4.96 Å². The van der Waals surface area contributed by atoms with Crippen LogP contribution < -0.4 is 15.6 Å². The number of anilines is 1. The lowest BCUT2D eigenvalue weighted by Gasteiger charge is -2.09. The number of rotatable bonds is 6. The number of aryl methyl sites for hydroxylation is 1. The van der Waals surface area contributed by atoms with E-state index in [4.69, 9.17) is 9.47 Å². The fourth-order valence-electron chi connectivity index (χ4n) is 3.05. The van der Waals surface area contributed by atoms with Crippen molar-refractivity contribution in [1.82, 2.24) is 9.38 Å². The maximum atomic E-state index is 12.5. The van der Waals surface area contributed by atoms with Crippen LogP contribution in [0.1, 0.15) is 31.3 Å². The predicted molar refractivity (Wildman–Crippen MR) is 121 cm³/mol. The van der Waals surface area contributed by atoms with Crippen molar-refractivity contribution in [3.63, 3.8) is 0 Å². The van der Waals surface area contributed by atoms with E-state index in [-0.39, 0.29) is 23.6 Å². The number of carbonyl (C=O) groups is 2. The van der Waals surface area contributed by atoms with E-state index in [0.717, 1.165) is 4.88 Å². The first-order valence-corrected chi connectivity index (χ1v) is 10.5. The average molecular weight is 449 g/mol. The Balaban J connectivity index is 1.44. The first kappa shape index (κ1) is 21.3. The molecule has 0 saturated carbocycles. The smallest absolute Gasteiger partial charge is 0.338 e. The zero-order valence-electron chi connectivity index (χ0n) is 17.3. The van der Waals surface area contributed by atoms with Crippen LogP contribution in [0.15, 0.2) is 65.6 Å². The topological polar surface area (TPSA) is 99.0 Å². The first-order valence-electron chi connectivity index (χ1n) is 9.64. The van der Waals surface area contributed by atoms with Crippen molar-refractivity contribution in [3.8, 4) is 5.75 Å². The molecule has 9 heteroatoms. The monoisotopic (exact) mass is 449 g/mol. The van der Waals surface area contributed by atoms with Crippen molar-refractivity contribution >= 4 is 33.9 Å². The molecule has 0 unspecified atom stereocenters. The van der Waals surface area contributed by atoms with Crippen molar-refractivity contribution in [3.05, 3.63) is 92.8 Å². The molecule has 1 amide bonds. The molecule has 0 saturated heterocycles. The van der Waals surface area contributed by atoms with Crippen molar-refractivity contribution in [2.75, 3.05) is 12.4 Å². The lowest BCUT2D eigenvalue weighted by molar-refractivity contribution is 0.0467. The molecule has 0 atom stereocenters. The van der Waals surface area contributed by atoms with E-state index in [1.54, 1.807) is 48.7 Å². The number of methoxy groups -OCH3 is 1. The number of benzene rings is 2. The van der Waals surface area contributed by atoms with Crippen LogP contribution in [-0.4, -0.2) is 28.4 Å². The molecule has 0 aliphatic heterocycles. The van der Waals surface area contributed by atoms with Crippen LogP contribution in [0.4, 0.5) is 5.69 Å². The van der Waals surface area contributed by atoms with Gasteiger partial charge in [-0.1, -0.05) is 12.1 Å². The zero-order valence-corrected chi connectivity index (χ0v) is 18.1. The Morgan fingerprint density at radius 3 is 2.69 bits per heavy atom. The third kappa shape index (κ3) is 4.68. The Hall–Kier alpha value is -3.98. The van der Waals surface area contributed by atoms with Crippen LogP contribution in [0.3, 0.4) is 0 Å². The average Bonchev–Trinajstić information content (AvgIpc) is 3.18. The number of aromatic nitrogens is 2. The molecule has 8 nitrogen and oxygen atoms in total. The lowest BCUT2D eigenvalue weighted by atomic mass is 10.1. The summed E-state index contributed by atoms with van der Waals surface area (Å²) in [6.45, 7) is 1.75. The van der Waals surface area contributed by atoms with Gasteiger partial charge in [-0.05, 0) is 43.3 Å². The fourth-order valence-corrected chi connectivity index (χ4v) is 3.90. The third-order valence-corrected chi connectivity index (χ3v) is 5.47. The Morgan fingerprint density at radius 2 is 1.88 bits per heavy atom. The first-order chi connectivity index (χ1) is 15.4. The Labute approximate surface area is 187 Å². The minimum absolute atomic E-state index is 0.137. The summed E-state index contributed by atoms with van der Waals surface area (Å²) in [5.74, 6) is -0.357. The summed E-state index contributed by atoms with van der Waals surface area (Å²) < 4.78 is 11.9. The van der Waals surface area contributed by atoms with E-state index in [1.807, 2.05) is 6.92 Å². The third-order valence-electron chi connectivity index (χ3n) is 4.58. The maximum absolute atomic E-state index is 12.5. The van der Waals surface area contributed by atoms with Gasteiger partial charge in [-0.15, -0.1) is 11.3 Å². The molecule has 0 aliphatic rings. The molecular formula is C23H19N3O5S. The second-order valence-corrected chi connectivity index (χ2v) is 8.14. The van der Waals surface area contributed by atoms with E-state index in [0.29, 0.717) is 27.7 Å². The van der Waals surface area contributed by atoms with Gasteiger partial charge in [0.25, 0.3) is 11.5 Å². The van der Waals surface area contributed by atoms with Gasteiger partial charge in [0, 0.05) is 28.4 Å². The number of amides is 1. The molecule has 2 heterocycles. The minimum atomic E-state index is -0.591. The van der Waals surface area contributed by atoms with Crippen molar-refractivity contribution in [1.29, 1.82) is 0 Å². The van der Waals surface area contributed by atoms with Crippen LogP contribution >= 0.6 is 11.3 Å². The number of ether oxygens (including phenoxy) is 2. The normalized spacial score (nSPS) is 10.7. The van der Waals surface area contributed by atoms with Gasteiger partial charge in [0.15, 0.2) is 4.96 Å². The summed E-state index contributed by atoms with van der Waals surface area (Å²) in [5.41, 5.74) is 1.27. The largest absolute Gasteiger partial charge is 0.497 e. The molecule has 0 radical (unpaired) electrons. The van der Waals surface area contributed by atoms with Gasteiger partial charge >= 0.3 is 5.97 Å². The van der Waals surface area contributed by atoms with Gasteiger partial charge in [-0.25, -0.2) is 9.78 Å². The molecule has 162 valence electrons. The van der Waals surface area contributed by atoms with Gasteiger partial charge < -0.3 is 14.8 Å². The molecule has 0 bridgehead atoms. The number of hydrogen-bond donors (Lipinski definition) is 1. The highest BCUT2D eigenvalue weighted by molar-refractivity contribution is 7.16. The number of nitrogens with zero attached hydrogens (tertiary/aromatic N) is 2. The molecule has 0 spiro atoms. The fraction of sp³-hybridized carbons (Fsp3) is 0.130. The minimum Gasteiger partial charge on any atom is -0.497 e. The standard InChI is InChI=1S/C23H19N3O5S/c1-14-12-26-20(27)11-18(25-23(26)32-14)13-31-22(29)16-6-3-7-17(9-16)24-21(28)15-5-4-8-19(10-15)30-2/h3-12H,13H2,1-2H3,(H,24,28). The highest BCUT2D eigenvalue weighted by atomic mass is 32.1. The van der Waals surface area contributed by atoms with Gasteiger partial charge in [-0.3, -0.25) is 14.0 Å². The summed E-state index contributed by atoms with van der Waals surface area (Å²) >= 11 is 1.38. The second kappa shape index (κ2) is 9.03. The highest BCUT2D eigenvalue weighted by Gasteiger charge is 2.13. The van der Waals surface area contributed by atoms with Crippen LogP contribution in [0.5, 0.6) is 5.75 Å². The van der Waals surface area contributed by atoms with E-state index in [1.165, 1.54) is 35.0 Å². The number of nitrogens with one attached hydrogen (secondary N) is 1. The second-order valence-electron chi connectivity index (χ2n) is 6.92. The molecule has 32 heavy (non-hydrogen) atoms. The van der Waals surface area contributed by atoms with Crippen LogP contribution in [0.2, 0.25) is 0 Å². The van der Waals surface area contributed by atoms with Gasteiger partial charge in [0.1, 0.15) is 12.4 Å². The SMILES string of the molecule is COc1cccc(C(=O)Nc2cccc(C(=O)OCc3cc(=O)n4cc(C)sc4n3)c2)c1. The Bertz CT molecular complexity index is 1380. The van der Waals surface area contributed by atoms with Gasteiger partial charge in [0.2, 0.25) is 0 Å². The summed E-state index contributed by atoms with van der Waals surface area (Å²) in [5, 5.41) is 2.75. The lowest BCUT2D eigenvalue weighted by Crippen LogP contribution is -2.15. The molecular weight excluding hydrogens is 430 g/mol. The molecule has 4 rings (SSSR count). The van der Waals surface area contributed by atoms with Crippen molar-refractivity contribution < 1.29 is 19.1 Å². The molecule has 2 aromatic heterocycles. The number of carbonyl (C=O) groups excluding carboxylic acids is 2. The summed E-state index contributed by atoms with van der Waals surface area (Å²) in [6.07, 6.45) is 1.72. The Kier molecular flexibility index (Phi) is 6.00. The maximum Gasteiger partial charge on any atom is 0.338 e. The molecule has 0 aliphatic carbocycles. The van der Waals surface area contributed by atoms with Gasteiger partial charge in [-0.2, -0.15) is 0 Å². The van der Waals surface area contributed by atoms with Crippen molar-refractivity contribution in [2.45, 2.75) is 13.5 Å². The van der Waals surface area contributed by atoms with Crippen LogP contribution in [0, 0.1) is 6.92 Å². The highest BCUT2D eigenvalue weighted by Crippen LogP contribution is 2.17. The molecule has 4 aromatic rings. The molecule has 0 fully saturated rings. The van der Waals surface area contributed by atoms with E-state index >= 15 is 0 Å². The van der Waals surface area contributed by atoms with E-state index in [2.05, 4.69) is 10.3 Å². The number of thiazole rings is 1. The summed E-state index contributed by atoms with van der Waals surface area (Å²) in [6, 6.07) is 14.5. The molecule has 1 N–H and O–H groups in total. The van der Waals surface area contributed by atoms with E-state index in [9.17, 15) is 14.4 Å². The van der Waals surface area contributed by atoms with Crippen molar-refractivity contribution in [2.24, 2.45) is 0 Å². The van der Waals surface area contributed by atoms with E-state index < -0.39 is 5.97 Å². The molecule has 2 aromatic carbocycles. The predicted octanol–water partition coefficient (Wildman–Crippen LogP) is 3.68. The van der Waals surface area contributed by atoms with Gasteiger partial charge in [0.05, 0.1) is 18.4 Å². The number of esters is 1. The number of hydrogen-bond acceptors (Lipinski definition) is 7.